The molecule has 2 N–H and O–H groups in total. The second-order valence-electron chi connectivity index (χ2n) is 4.17. The van der Waals surface area contributed by atoms with Crippen LogP contribution in [0.25, 0.3) is 0 Å². The number of aliphatic hydroxyl groups is 1. The molecule has 1 aliphatic rings. The fraction of sp³-hybridized carbons (Fsp3) is 0.900. The molecule has 0 radical (unpaired) electrons. The molecule has 1 amide bonds. The first kappa shape index (κ1) is 20.2. The van der Waals surface area contributed by atoms with Crippen molar-refractivity contribution in [2.45, 2.75) is 30.4 Å². The Bertz CT molecular complexity index is 315. The summed E-state index contributed by atoms with van der Waals surface area (Å²) in [5.41, 5.74) is 0. The van der Waals surface area contributed by atoms with Gasteiger partial charge in [-0.15, -0.1) is 11.8 Å². The molecule has 1 heterocycles. The van der Waals surface area contributed by atoms with Gasteiger partial charge in [-0.3, -0.25) is 0 Å². The van der Waals surface area contributed by atoms with Gasteiger partial charge in [-0.25, -0.2) is 4.79 Å². The summed E-state index contributed by atoms with van der Waals surface area (Å²) < 4.78 is 67.3. The van der Waals surface area contributed by atoms with Crippen LogP contribution in [0.3, 0.4) is 0 Å². The number of nitrogens with zero attached hydrogens (tertiary/aromatic N) is 1. The summed E-state index contributed by atoms with van der Waals surface area (Å²) in [6.45, 7) is -1.05. The van der Waals surface area contributed by atoms with E-state index >= 15 is 0 Å². The Morgan fingerprint density at radius 1 is 1.10 bits per heavy atom. The maximum Gasteiger partial charge on any atom is 0.411 e. The Morgan fingerprint density at radius 3 is 1.81 bits per heavy atom. The van der Waals surface area contributed by atoms with E-state index in [1.54, 1.807) is 0 Å². The lowest BCUT2D eigenvalue weighted by molar-refractivity contribution is -0.159. The molecule has 1 rings (SSSR count). The van der Waals surface area contributed by atoms with Gasteiger partial charge in [0.15, 0.2) is 0 Å². The van der Waals surface area contributed by atoms with Gasteiger partial charge < -0.3 is 15.1 Å². The minimum atomic E-state index is -4.40. The molecule has 1 fully saturated rings. The highest BCUT2D eigenvalue weighted by atomic mass is 32.2. The molecule has 1 aliphatic heterocycles. The predicted octanol–water partition coefficient (Wildman–Crippen LogP) is 2.97. The highest BCUT2D eigenvalue weighted by Gasteiger charge is 2.30. The van der Waals surface area contributed by atoms with E-state index in [1.807, 2.05) is 0 Å². The Morgan fingerprint density at radius 2 is 1.52 bits per heavy atom. The largest absolute Gasteiger partial charge is 0.465 e. The van der Waals surface area contributed by atoms with Crippen molar-refractivity contribution in [3.8, 4) is 0 Å². The molecule has 0 spiro atoms. The van der Waals surface area contributed by atoms with E-state index in [9.17, 15) is 31.1 Å². The molecule has 0 atom stereocenters. The molecule has 0 aliphatic carbocycles. The fourth-order valence-electron chi connectivity index (χ4n) is 1.43. The molecule has 0 saturated carbocycles. The van der Waals surface area contributed by atoms with Crippen molar-refractivity contribution in [3.63, 3.8) is 0 Å². The van der Waals surface area contributed by atoms with Crippen LogP contribution in [0.4, 0.5) is 31.1 Å². The van der Waals surface area contributed by atoms with E-state index in [4.69, 9.17) is 10.2 Å². The first-order valence-electron chi connectivity index (χ1n) is 5.78. The number of halogens is 6. The molecule has 21 heavy (non-hydrogen) atoms. The maximum absolute atomic E-state index is 11.9. The molecule has 1 saturated heterocycles. The van der Waals surface area contributed by atoms with Crippen LogP contribution in [0, 0.1) is 0 Å². The van der Waals surface area contributed by atoms with Crippen molar-refractivity contribution < 1.29 is 41.4 Å². The zero-order valence-corrected chi connectivity index (χ0v) is 11.6. The van der Waals surface area contributed by atoms with Crippen LogP contribution in [0.5, 0.6) is 0 Å². The number of carboxylic acid groups (broad SMARTS) is 1. The average molecular weight is 343 g/mol. The van der Waals surface area contributed by atoms with Crippen LogP contribution < -0.4 is 0 Å². The molecule has 0 aromatic heterocycles. The summed E-state index contributed by atoms with van der Waals surface area (Å²) in [5, 5.41) is 15.8. The summed E-state index contributed by atoms with van der Waals surface area (Å²) in [6.07, 6.45) is -8.51. The zero-order valence-electron chi connectivity index (χ0n) is 10.7. The monoisotopic (exact) mass is 343 g/mol. The summed E-state index contributed by atoms with van der Waals surface area (Å²) in [6, 6.07) is 0. The summed E-state index contributed by atoms with van der Waals surface area (Å²) in [5.74, 6) is -0.843. The third-order valence-electron chi connectivity index (χ3n) is 2.37. The van der Waals surface area contributed by atoms with Crippen LogP contribution in [0.15, 0.2) is 0 Å². The smallest absolute Gasteiger partial charge is 0.411 e. The topological polar surface area (TPSA) is 60.8 Å². The molecular formula is C10H15F6NO3S. The lowest BCUT2D eigenvalue weighted by Gasteiger charge is -2.29. The van der Waals surface area contributed by atoms with E-state index in [0.717, 1.165) is 11.8 Å². The van der Waals surface area contributed by atoms with Gasteiger partial charge in [0, 0.05) is 18.3 Å². The molecule has 0 aromatic rings. The predicted molar refractivity (Wildman–Crippen MR) is 64.3 cm³/mol. The van der Waals surface area contributed by atoms with Crippen LogP contribution in [0.2, 0.25) is 0 Å². The Kier molecular flexibility index (Phi) is 8.22. The standard InChI is InChI=1S/C8H12F3NO2S.C2H3F3O/c9-8(10,11)5-15-6-1-3-12(4-2-6)7(13)14;3-2(4,5)1-6/h6H,1-5H2,(H,13,14);6H,1H2. The summed E-state index contributed by atoms with van der Waals surface area (Å²) in [7, 11) is 0. The van der Waals surface area contributed by atoms with Crippen molar-refractivity contribution >= 4 is 17.9 Å². The van der Waals surface area contributed by atoms with Gasteiger partial charge >= 0.3 is 18.4 Å². The number of thioether (sulfide) groups is 1. The van der Waals surface area contributed by atoms with E-state index in [2.05, 4.69) is 0 Å². The lowest BCUT2D eigenvalue weighted by Crippen LogP contribution is -2.38. The second kappa shape index (κ2) is 8.57. The Labute approximate surface area is 121 Å². The van der Waals surface area contributed by atoms with Crippen molar-refractivity contribution in [1.29, 1.82) is 0 Å². The number of amides is 1. The molecule has 0 bridgehead atoms. The quantitative estimate of drug-likeness (QED) is 0.757. The third-order valence-corrected chi connectivity index (χ3v) is 3.81. The number of carbonyl (C=O) groups is 1. The van der Waals surface area contributed by atoms with Crippen molar-refractivity contribution in [3.05, 3.63) is 0 Å². The average Bonchev–Trinajstić information content (AvgIpc) is 2.36. The van der Waals surface area contributed by atoms with Gasteiger partial charge in [-0.05, 0) is 12.8 Å². The number of rotatable bonds is 2. The van der Waals surface area contributed by atoms with Gasteiger partial charge in [-0.2, -0.15) is 26.3 Å². The van der Waals surface area contributed by atoms with E-state index < -0.39 is 30.8 Å². The van der Waals surface area contributed by atoms with E-state index in [-0.39, 0.29) is 5.25 Å². The SMILES string of the molecule is O=C(O)N1CCC(SCC(F)(F)F)CC1.OCC(F)(F)F. The summed E-state index contributed by atoms with van der Waals surface area (Å²) in [4.78, 5) is 11.8. The highest BCUT2D eigenvalue weighted by molar-refractivity contribution is 7.99. The van der Waals surface area contributed by atoms with Gasteiger partial charge in [-0.1, -0.05) is 0 Å². The number of aliphatic hydroxyl groups excluding tert-OH is 1. The van der Waals surface area contributed by atoms with Crippen LogP contribution >= 0.6 is 11.8 Å². The van der Waals surface area contributed by atoms with Gasteiger partial charge in [0.1, 0.15) is 6.61 Å². The fourth-order valence-corrected chi connectivity index (χ4v) is 2.39. The van der Waals surface area contributed by atoms with Crippen LogP contribution in [-0.4, -0.2) is 64.3 Å². The number of hydrogen-bond acceptors (Lipinski definition) is 3. The second-order valence-corrected chi connectivity index (χ2v) is 5.46. The molecule has 0 unspecified atom stereocenters. The minimum Gasteiger partial charge on any atom is -0.465 e. The molecule has 0 aromatic carbocycles. The molecule has 126 valence electrons. The Hall–Kier alpha value is -0.840. The normalized spacial score (nSPS) is 17.2. The number of alkyl halides is 6. The van der Waals surface area contributed by atoms with Crippen molar-refractivity contribution in [1.82, 2.24) is 4.90 Å². The van der Waals surface area contributed by atoms with Gasteiger partial charge in [0.25, 0.3) is 0 Å². The minimum absolute atomic E-state index is 0.0674. The van der Waals surface area contributed by atoms with Gasteiger partial charge in [0.05, 0.1) is 5.75 Å². The van der Waals surface area contributed by atoms with Crippen molar-refractivity contribution in [2.75, 3.05) is 25.4 Å². The lowest BCUT2D eigenvalue weighted by atomic mass is 10.1. The van der Waals surface area contributed by atoms with Crippen LogP contribution in [0.1, 0.15) is 12.8 Å². The zero-order chi connectivity index (χ0) is 16.7. The number of hydrogen-bond donors (Lipinski definition) is 2. The molecule has 4 nitrogen and oxygen atoms in total. The first-order valence-corrected chi connectivity index (χ1v) is 6.83. The highest BCUT2D eigenvalue weighted by Crippen LogP contribution is 2.29. The van der Waals surface area contributed by atoms with Gasteiger partial charge in [0.2, 0.25) is 0 Å². The molecule has 11 heteroatoms. The third kappa shape index (κ3) is 11.5. The van der Waals surface area contributed by atoms with E-state index in [0.29, 0.717) is 25.9 Å². The number of piperidine rings is 1. The maximum atomic E-state index is 11.9. The van der Waals surface area contributed by atoms with Crippen molar-refractivity contribution in [2.24, 2.45) is 0 Å². The van der Waals surface area contributed by atoms with E-state index in [1.165, 1.54) is 4.90 Å². The summed E-state index contributed by atoms with van der Waals surface area (Å²) >= 11 is 0.873. The molecular weight excluding hydrogens is 328 g/mol. The van der Waals surface area contributed by atoms with Crippen LogP contribution in [-0.2, 0) is 0 Å². The first-order chi connectivity index (χ1) is 9.44. The Balaban J connectivity index is 0.000000567. The number of likely N-dealkylation sites (tertiary alicyclic amines) is 1.